The third-order valence-electron chi connectivity index (χ3n) is 3.71. The Balaban J connectivity index is 2.82. The zero-order valence-electron chi connectivity index (χ0n) is 13.7. The minimum atomic E-state index is -2.22. The molecule has 0 bridgehead atoms. The van der Waals surface area contributed by atoms with Gasteiger partial charge in [-0.05, 0) is 54.1 Å². The van der Waals surface area contributed by atoms with Gasteiger partial charge in [0.25, 0.3) is 0 Å². The van der Waals surface area contributed by atoms with Crippen LogP contribution in [0.4, 0.5) is 0 Å². The third kappa shape index (κ3) is 4.01. The molecule has 114 valence electrons. The Morgan fingerprint density at radius 2 is 2.00 bits per heavy atom. The molecular formula is C14H30O4Si. The lowest BCUT2D eigenvalue weighted by Crippen LogP contribution is -2.57. The van der Waals surface area contributed by atoms with Crippen molar-refractivity contribution in [2.45, 2.75) is 84.7 Å². The highest BCUT2D eigenvalue weighted by Gasteiger charge is 2.52. The second-order valence-electron chi connectivity index (χ2n) is 6.45. The Morgan fingerprint density at radius 1 is 1.42 bits per heavy atom. The van der Waals surface area contributed by atoms with E-state index in [9.17, 15) is 0 Å². The largest absolute Gasteiger partial charge is 0.392 e. The Morgan fingerprint density at radius 3 is 2.37 bits per heavy atom. The van der Waals surface area contributed by atoms with Crippen LogP contribution < -0.4 is 0 Å². The van der Waals surface area contributed by atoms with E-state index in [1.807, 2.05) is 41.5 Å². The summed E-state index contributed by atoms with van der Waals surface area (Å²) in [5.74, 6) is -0.712. The molecule has 0 aliphatic carbocycles. The van der Waals surface area contributed by atoms with Crippen LogP contribution in [0, 0.1) is 0 Å². The Kier molecular flexibility index (Phi) is 5.24. The van der Waals surface area contributed by atoms with E-state index in [1.54, 1.807) is 0 Å². The minimum absolute atomic E-state index is 0.105. The molecule has 0 radical (unpaired) electrons. The predicted octanol–water partition coefficient (Wildman–Crippen LogP) is 3.45. The van der Waals surface area contributed by atoms with Gasteiger partial charge in [0.1, 0.15) is 5.60 Å². The van der Waals surface area contributed by atoms with Gasteiger partial charge < -0.3 is 18.3 Å². The standard InChI is InChI=1S/C14H30O4Si/c1-9-19(8,17-11(2)3)18-13(5,6)14(7)15-10-12(4)16-14/h11-12H,9-10H2,1-8H3. The fourth-order valence-corrected chi connectivity index (χ4v) is 4.98. The molecule has 1 aliphatic heterocycles. The average Bonchev–Trinajstić information content (AvgIpc) is 2.58. The number of hydrogen-bond donors (Lipinski definition) is 0. The SMILES string of the molecule is CC[Si](C)(OC(C)C)OC(C)(C)C1(C)OCC(C)O1. The van der Waals surface area contributed by atoms with Crippen molar-refractivity contribution in [1.82, 2.24) is 0 Å². The molecule has 0 aromatic heterocycles. The minimum Gasteiger partial charge on any atom is -0.392 e. The second kappa shape index (κ2) is 5.82. The number of hydrogen-bond acceptors (Lipinski definition) is 4. The molecule has 4 nitrogen and oxygen atoms in total. The summed E-state index contributed by atoms with van der Waals surface area (Å²) in [6.45, 7) is 16.9. The van der Waals surface area contributed by atoms with Crippen molar-refractivity contribution >= 4 is 8.56 Å². The molecule has 1 fully saturated rings. The summed E-state index contributed by atoms with van der Waals surface area (Å²) in [6.07, 6.45) is 0.276. The van der Waals surface area contributed by atoms with Crippen LogP contribution in [0.15, 0.2) is 0 Å². The lowest BCUT2D eigenvalue weighted by molar-refractivity contribution is -0.248. The maximum absolute atomic E-state index is 6.39. The van der Waals surface area contributed by atoms with E-state index in [0.717, 1.165) is 6.04 Å². The van der Waals surface area contributed by atoms with Gasteiger partial charge in [0.2, 0.25) is 0 Å². The summed E-state index contributed by atoms with van der Waals surface area (Å²) in [5.41, 5.74) is -0.538. The van der Waals surface area contributed by atoms with Crippen molar-refractivity contribution in [3.8, 4) is 0 Å². The summed E-state index contributed by atoms with van der Waals surface area (Å²) in [4.78, 5) is 0. The highest BCUT2D eigenvalue weighted by atomic mass is 28.4. The highest BCUT2D eigenvalue weighted by Crippen LogP contribution is 2.38. The van der Waals surface area contributed by atoms with E-state index < -0.39 is 19.9 Å². The molecule has 0 N–H and O–H groups in total. The van der Waals surface area contributed by atoms with Gasteiger partial charge in [0.15, 0.2) is 5.79 Å². The van der Waals surface area contributed by atoms with E-state index in [0.29, 0.717) is 6.61 Å². The molecule has 0 aromatic carbocycles. The fraction of sp³-hybridized carbons (Fsp3) is 1.00. The van der Waals surface area contributed by atoms with Gasteiger partial charge in [-0.1, -0.05) is 6.92 Å². The summed E-state index contributed by atoms with van der Waals surface area (Å²) in [6, 6.07) is 0.903. The van der Waals surface area contributed by atoms with E-state index in [-0.39, 0.29) is 12.2 Å². The molecule has 1 heterocycles. The van der Waals surface area contributed by atoms with Gasteiger partial charge in [-0.15, -0.1) is 0 Å². The molecule has 1 aliphatic rings. The summed E-state index contributed by atoms with van der Waals surface area (Å²) < 4.78 is 24.2. The van der Waals surface area contributed by atoms with Gasteiger partial charge >= 0.3 is 8.56 Å². The maximum Gasteiger partial charge on any atom is 0.335 e. The van der Waals surface area contributed by atoms with E-state index in [2.05, 4.69) is 13.5 Å². The summed E-state index contributed by atoms with van der Waals surface area (Å²) in [7, 11) is -2.22. The summed E-state index contributed by atoms with van der Waals surface area (Å²) >= 11 is 0. The molecule has 1 rings (SSSR count). The van der Waals surface area contributed by atoms with Gasteiger partial charge in [-0.3, -0.25) is 0 Å². The van der Waals surface area contributed by atoms with Crippen molar-refractivity contribution in [3.63, 3.8) is 0 Å². The van der Waals surface area contributed by atoms with Crippen molar-refractivity contribution in [3.05, 3.63) is 0 Å². The van der Waals surface area contributed by atoms with Crippen LogP contribution in [0.1, 0.15) is 48.5 Å². The van der Waals surface area contributed by atoms with Crippen molar-refractivity contribution in [2.24, 2.45) is 0 Å². The van der Waals surface area contributed by atoms with Crippen LogP contribution in [-0.4, -0.2) is 38.8 Å². The van der Waals surface area contributed by atoms with Crippen LogP contribution in [0.3, 0.4) is 0 Å². The zero-order valence-corrected chi connectivity index (χ0v) is 14.7. The van der Waals surface area contributed by atoms with Gasteiger partial charge in [-0.25, -0.2) is 0 Å². The smallest absolute Gasteiger partial charge is 0.335 e. The first-order valence-electron chi connectivity index (χ1n) is 7.23. The topological polar surface area (TPSA) is 36.9 Å². The van der Waals surface area contributed by atoms with Crippen molar-refractivity contribution < 1.29 is 18.3 Å². The molecule has 19 heavy (non-hydrogen) atoms. The maximum atomic E-state index is 6.39. The zero-order chi connectivity index (χ0) is 14.9. The molecule has 3 atom stereocenters. The van der Waals surface area contributed by atoms with E-state index in [1.165, 1.54) is 0 Å². The molecule has 0 saturated carbocycles. The van der Waals surface area contributed by atoms with Crippen molar-refractivity contribution in [2.75, 3.05) is 6.61 Å². The highest BCUT2D eigenvalue weighted by molar-refractivity contribution is 6.66. The second-order valence-corrected chi connectivity index (χ2v) is 9.87. The molecule has 0 amide bonds. The number of ether oxygens (including phenoxy) is 2. The van der Waals surface area contributed by atoms with Crippen LogP contribution in [0.2, 0.25) is 12.6 Å². The molecule has 0 aromatic rings. The lowest BCUT2D eigenvalue weighted by Gasteiger charge is -2.44. The molecule has 1 saturated heterocycles. The Bertz CT molecular complexity index is 308. The average molecular weight is 290 g/mol. The van der Waals surface area contributed by atoms with Crippen LogP contribution in [-0.2, 0) is 18.3 Å². The van der Waals surface area contributed by atoms with Crippen molar-refractivity contribution in [1.29, 1.82) is 0 Å². The monoisotopic (exact) mass is 290 g/mol. The lowest BCUT2D eigenvalue weighted by atomic mass is 10.00. The third-order valence-corrected chi connectivity index (χ3v) is 6.91. The molecule has 5 heteroatoms. The van der Waals surface area contributed by atoms with Gasteiger partial charge in [-0.2, -0.15) is 0 Å². The fourth-order valence-electron chi connectivity index (χ4n) is 2.35. The van der Waals surface area contributed by atoms with Gasteiger partial charge in [0, 0.05) is 6.10 Å². The quantitative estimate of drug-likeness (QED) is 0.702. The van der Waals surface area contributed by atoms with Crippen LogP contribution in [0.5, 0.6) is 0 Å². The predicted molar refractivity (Wildman–Crippen MR) is 78.4 cm³/mol. The first kappa shape index (κ1) is 17.1. The van der Waals surface area contributed by atoms with Gasteiger partial charge in [0.05, 0.1) is 12.7 Å². The molecule has 0 spiro atoms. The van der Waals surface area contributed by atoms with E-state index >= 15 is 0 Å². The Labute approximate surface area is 119 Å². The first-order valence-corrected chi connectivity index (χ1v) is 9.76. The number of rotatable bonds is 6. The Hall–Kier alpha value is 0.0569. The molecular weight excluding hydrogens is 260 g/mol. The normalized spacial score (nSPS) is 31.7. The van der Waals surface area contributed by atoms with Crippen LogP contribution >= 0.6 is 0 Å². The first-order chi connectivity index (χ1) is 8.54. The van der Waals surface area contributed by atoms with E-state index in [4.69, 9.17) is 18.3 Å². The van der Waals surface area contributed by atoms with Crippen LogP contribution in [0.25, 0.3) is 0 Å². The summed E-state index contributed by atoms with van der Waals surface area (Å²) in [5, 5.41) is 0. The molecule has 3 unspecified atom stereocenters.